The molecular weight excluding hydrogens is 382 g/mol. The molecule has 1 saturated heterocycles. The molecule has 2 aromatic heterocycles. The highest BCUT2D eigenvalue weighted by Crippen LogP contribution is 2.30. The number of ether oxygens (including phenoxy) is 1. The maximum atomic E-state index is 12.1. The number of nitrogens with one attached hydrogen (secondary N) is 1. The Labute approximate surface area is 164 Å². The lowest BCUT2D eigenvalue weighted by molar-refractivity contribution is 0.0941. The van der Waals surface area contributed by atoms with Crippen molar-refractivity contribution in [2.24, 2.45) is 0 Å². The van der Waals surface area contributed by atoms with Crippen LogP contribution in [0.3, 0.4) is 0 Å². The van der Waals surface area contributed by atoms with Crippen molar-refractivity contribution < 1.29 is 14.3 Å². The van der Waals surface area contributed by atoms with E-state index >= 15 is 0 Å². The first-order chi connectivity index (χ1) is 13.5. The molecule has 8 nitrogen and oxygen atoms in total. The highest BCUT2D eigenvalue weighted by molar-refractivity contribution is 7.98. The summed E-state index contributed by atoms with van der Waals surface area (Å²) in [4.78, 5) is 24.0. The molecule has 0 saturated carbocycles. The van der Waals surface area contributed by atoms with E-state index in [1.54, 1.807) is 4.57 Å². The zero-order valence-corrected chi connectivity index (χ0v) is 16.3. The van der Waals surface area contributed by atoms with E-state index in [9.17, 15) is 14.7 Å². The Kier molecular flexibility index (Phi) is 5.27. The first kappa shape index (κ1) is 18.8. The Morgan fingerprint density at radius 3 is 2.93 bits per heavy atom. The molecule has 28 heavy (non-hydrogen) atoms. The number of H-pyrrole nitrogens is 1. The Hall–Kier alpha value is -2.52. The largest absolute Gasteiger partial charge is 0.508 e. The molecule has 0 unspecified atom stereocenters. The molecule has 148 valence electrons. The van der Waals surface area contributed by atoms with Crippen LogP contribution in [-0.2, 0) is 23.5 Å². The summed E-state index contributed by atoms with van der Waals surface area (Å²) < 4.78 is 12.4. The molecule has 1 fully saturated rings. The lowest BCUT2D eigenvalue weighted by Gasteiger charge is -2.11. The van der Waals surface area contributed by atoms with E-state index in [-0.39, 0.29) is 17.5 Å². The first-order valence-electron chi connectivity index (χ1n) is 9.23. The molecule has 1 aliphatic heterocycles. The predicted molar refractivity (Wildman–Crippen MR) is 105 cm³/mol. The van der Waals surface area contributed by atoms with E-state index in [2.05, 4.69) is 10.2 Å². The van der Waals surface area contributed by atoms with Crippen LogP contribution in [0.2, 0.25) is 0 Å². The monoisotopic (exact) mass is 403 g/mol. The van der Waals surface area contributed by atoms with Gasteiger partial charge in [-0.2, -0.15) is 0 Å². The third-order valence-electron chi connectivity index (χ3n) is 4.90. The van der Waals surface area contributed by atoms with Crippen LogP contribution in [0.1, 0.15) is 30.9 Å². The van der Waals surface area contributed by atoms with Crippen LogP contribution in [-0.4, -0.2) is 32.6 Å². The number of aryl methyl sites for hydroxylation is 1. The van der Waals surface area contributed by atoms with E-state index < -0.39 is 5.63 Å². The van der Waals surface area contributed by atoms with Gasteiger partial charge in [0, 0.05) is 29.9 Å². The van der Waals surface area contributed by atoms with Gasteiger partial charge in [0.1, 0.15) is 11.3 Å². The van der Waals surface area contributed by atoms with Gasteiger partial charge >= 0.3 is 11.3 Å². The zero-order valence-electron chi connectivity index (χ0n) is 15.4. The summed E-state index contributed by atoms with van der Waals surface area (Å²) in [6.45, 7) is 3.13. The average molecular weight is 403 g/mol. The number of benzene rings is 1. The lowest BCUT2D eigenvalue weighted by atomic mass is 10.1. The SMILES string of the molecule is CCc1cc2c(CSc3n[nH]c(=O)n3C[C@H]3CCCO3)cc(=O)oc2cc1O. The lowest BCUT2D eigenvalue weighted by Crippen LogP contribution is -2.24. The van der Waals surface area contributed by atoms with Crippen LogP contribution >= 0.6 is 11.8 Å². The fraction of sp³-hybridized carbons (Fsp3) is 0.421. The average Bonchev–Trinajstić information content (AvgIpc) is 3.30. The Morgan fingerprint density at radius 1 is 1.32 bits per heavy atom. The van der Waals surface area contributed by atoms with Crippen LogP contribution in [0.25, 0.3) is 11.0 Å². The molecule has 0 bridgehead atoms. The number of nitrogens with zero attached hydrogens (tertiary/aromatic N) is 2. The minimum Gasteiger partial charge on any atom is -0.508 e. The number of phenols is 1. The molecule has 2 N–H and O–H groups in total. The topological polar surface area (TPSA) is 110 Å². The van der Waals surface area contributed by atoms with Gasteiger partial charge in [-0.3, -0.25) is 4.57 Å². The van der Waals surface area contributed by atoms with Gasteiger partial charge < -0.3 is 14.3 Å². The Morgan fingerprint density at radius 2 is 2.18 bits per heavy atom. The van der Waals surface area contributed by atoms with Gasteiger partial charge in [0.05, 0.1) is 12.6 Å². The molecule has 0 amide bonds. The molecule has 1 aliphatic rings. The van der Waals surface area contributed by atoms with Crippen molar-refractivity contribution in [1.82, 2.24) is 14.8 Å². The third-order valence-corrected chi connectivity index (χ3v) is 5.93. The van der Waals surface area contributed by atoms with Gasteiger partial charge in [0.2, 0.25) is 0 Å². The zero-order chi connectivity index (χ0) is 19.7. The second-order valence-corrected chi connectivity index (χ2v) is 7.71. The van der Waals surface area contributed by atoms with E-state index in [0.717, 1.165) is 36.0 Å². The number of hydrogen-bond acceptors (Lipinski definition) is 7. The van der Waals surface area contributed by atoms with Crippen LogP contribution in [0.5, 0.6) is 5.75 Å². The number of aromatic hydroxyl groups is 1. The molecule has 0 radical (unpaired) electrons. The maximum Gasteiger partial charge on any atom is 0.344 e. The summed E-state index contributed by atoms with van der Waals surface area (Å²) >= 11 is 1.37. The summed E-state index contributed by atoms with van der Waals surface area (Å²) in [6, 6.07) is 4.76. The van der Waals surface area contributed by atoms with Gasteiger partial charge in [-0.1, -0.05) is 18.7 Å². The number of fused-ring (bicyclic) bond motifs is 1. The molecule has 0 spiro atoms. The van der Waals surface area contributed by atoms with Gasteiger partial charge in [0.25, 0.3) is 0 Å². The smallest absolute Gasteiger partial charge is 0.344 e. The van der Waals surface area contributed by atoms with Crippen molar-refractivity contribution in [2.75, 3.05) is 6.61 Å². The molecule has 9 heteroatoms. The van der Waals surface area contributed by atoms with Gasteiger partial charge in [-0.25, -0.2) is 14.7 Å². The van der Waals surface area contributed by atoms with Crippen molar-refractivity contribution in [2.45, 2.75) is 49.7 Å². The Balaban J connectivity index is 1.63. The second-order valence-electron chi connectivity index (χ2n) is 6.77. The second kappa shape index (κ2) is 7.84. The Bertz CT molecular complexity index is 1110. The highest BCUT2D eigenvalue weighted by atomic mass is 32.2. The van der Waals surface area contributed by atoms with E-state index in [1.165, 1.54) is 23.9 Å². The standard InChI is InChI=1S/C19H21N3O5S/c1-2-11-6-14-12(7-17(24)27-16(14)8-15(11)23)10-28-19-21-20-18(25)22(19)9-13-4-3-5-26-13/h6-8,13,23H,2-5,9-10H2,1H3,(H,20,25)/t13-/m1/s1. The molecule has 0 aliphatic carbocycles. The van der Waals surface area contributed by atoms with E-state index in [1.807, 2.05) is 13.0 Å². The van der Waals surface area contributed by atoms with E-state index in [0.29, 0.717) is 29.5 Å². The first-order valence-corrected chi connectivity index (χ1v) is 10.2. The minimum atomic E-state index is -0.481. The maximum absolute atomic E-state index is 12.1. The fourth-order valence-electron chi connectivity index (χ4n) is 3.42. The van der Waals surface area contributed by atoms with Crippen molar-refractivity contribution in [3.8, 4) is 5.75 Å². The number of aromatic nitrogens is 3. The number of rotatable bonds is 6. The van der Waals surface area contributed by atoms with Crippen LogP contribution in [0.4, 0.5) is 0 Å². The molecule has 3 heterocycles. The number of aromatic amines is 1. The van der Waals surface area contributed by atoms with Crippen LogP contribution in [0, 0.1) is 0 Å². The highest BCUT2D eigenvalue weighted by Gasteiger charge is 2.20. The van der Waals surface area contributed by atoms with Crippen molar-refractivity contribution in [1.29, 1.82) is 0 Å². The quantitative estimate of drug-likeness (QED) is 0.480. The summed E-state index contributed by atoms with van der Waals surface area (Å²) in [6.07, 6.45) is 2.61. The fourth-order valence-corrected chi connectivity index (χ4v) is 4.37. The van der Waals surface area contributed by atoms with Crippen molar-refractivity contribution in [3.05, 3.63) is 50.2 Å². The van der Waals surface area contributed by atoms with Crippen molar-refractivity contribution >= 4 is 22.7 Å². The van der Waals surface area contributed by atoms with Gasteiger partial charge in [-0.05, 0) is 36.5 Å². The molecule has 1 aromatic carbocycles. The summed E-state index contributed by atoms with van der Waals surface area (Å²) in [7, 11) is 0. The van der Waals surface area contributed by atoms with Crippen molar-refractivity contribution in [3.63, 3.8) is 0 Å². The minimum absolute atomic E-state index is 0.0225. The molecular formula is C19H21N3O5S. The molecule has 1 atom stereocenters. The summed E-state index contributed by atoms with van der Waals surface area (Å²) in [5, 5.41) is 18.0. The number of thioether (sulfide) groups is 1. The summed E-state index contributed by atoms with van der Waals surface area (Å²) in [5.41, 5.74) is 1.14. The van der Waals surface area contributed by atoms with E-state index in [4.69, 9.17) is 9.15 Å². The molecule has 4 rings (SSSR count). The summed E-state index contributed by atoms with van der Waals surface area (Å²) in [5.74, 6) is 0.548. The number of phenolic OH excluding ortho intramolecular Hbond substituents is 1. The van der Waals surface area contributed by atoms with Gasteiger partial charge in [-0.15, -0.1) is 5.10 Å². The molecule has 3 aromatic rings. The predicted octanol–water partition coefficient (Wildman–Crippen LogP) is 2.42. The van der Waals surface area contributed by atoms with Gasteiger partial charge in [0.15, 0.2) is 5.16 Å². The number of hydrogen-bond donors (Lipinski definition) is 2. The third kappa shape index (κ3) is 3.72. The van der Waals surface area contributed by atoms with Crippen LogP contribution < -0.4 is 11.3 Å². The normalized spacial score (nSPS) is 16.8. The van der Waals surface area contributed by atoms with Crippen LogP contribution in [0.15, 0.2) is 37.4 Å².